The van der Waals surface area contributed by atoms with Gasteiger partial charge in [0.15, 0.2) is 0 Å². The second-order valence-corrected chi connectivity index (χ2v) is 3.25. The molecule has 0 bridgehead atoms. The summed E-state index contributed by atoms with van der Waals surface area (Å²) >= 11 is 1.41. The monoisotopic (exact) mass is 208 g/mol. The van der Waals surface area contributed by atoms with Crippen molar-refractivity contribution in [2.45, 2.75) is 0 Å². The fourth-order valence-corrected chi connectivity index (χ4v) is 1.27. The van der Waals surface area contributed by atoms with Gasteiger partial charge in [-0.1, -0.05) is 42.3 Å². The molecule has 0 aliphatic carbocycles. The summed E-state index contributed by atoms with van der Waals surface area (Å²) in [5.41, 5.74) is 6.56. The summed E-state index contributed by atoms with van der Waals surface area (Å²) in [4.78, 5) is 11.1. The number of benzene rings is 1. The molecule has 1 rings (SSSR count). The number of carbonyl (C=O) groups excluding carboxylic acids is 1. The Balaban J connectivity index is 2.95. The van der Waals surface area contributed by atoms with Crippen LogP contribution in [0, 0.1) is 0 Å². The standard InChI is InChI=1S/C10H12N2OS/c1-14-12-7-9(10(11)13)8-5-3-2-4-6-8/h2-7,12H,1H3,(H2,11,13)/b9-7-. The fourth-order valence-electron chi connectivity index (χ4n) is 1.03. The van der Waals surface area contributed by atoms with Gasteiger partial charge in [0.1, 0.15) is 0 Å². The lowest BCUT2D eigenvalue weighted by atomic mass is 10.1. The van der Waals surface area contributed by atoms with Gasteiger partial charge < -0.3 is 10.5 Å². The van der Waals surface area contributed by atoms with Gasteiger partial charge in [-0.2, -0.15) is 0 Å². The molecule has 0 saturated heterocycles. The molecule has 0 saturated carbocycles. The number of carbonyl (C=O) groups is 1. The molecule has 0 unspecified atom stereocenters. The van der Waals surface area contributed by atoms with E-state index in [1.54, 1.807) is 6.20 Å². The Bertz CT molecular complexity index is 335. The topological polar surface area (TPSA) is 55.1 Å². The molecule has 74 valence electrons. The number of hydrogen-bond donors (Lipinski definition) is 2. The van der Waals surface area contributed by atoms with Crippen molar-refractivity contribution in [3.63, 3.8) is 0 Å². The molecular formula is C10H12N2OS. The number of primary amides is 1. The predicted molar refractivity (Wildman–Crippen MR) is 60.3 cm³/mol. The molecule has 1 aromatic rings. The summed E-state index contributed by atoms with van der Waals surface area (Å²) in [5, 5.41) is 0. The van der Waals surface area contributed by atoms with Crippen molar-refractivity contribution in [3.05, 3.63) is 42.1 Å². The minimum atomic E-state index is -0.433. The Morgan fingerprint density at radius 1 is 1.43 bits per heavy atom. The van der Waals surface area contributed by atoms with Crippen LogP contribution in [0.2, 0.25) is 0 Å². The summed E-state index contributed by atoms with van der Waals surface area (Å²) in [5.74, 6) is -0.433. The molecule has 3 N–H and O–H groups in total. The zero-order valence-electron chi connectivity index (χ0n) is 7.86. The number of nitrogens with one attached hydrogen (secondary N) is 1. The van der Waals surface area contributed by atoms with Crippen LogP contribution in [0.5, 0.6) is 0 Å². The minimum Gasteiger partial charge on any atom is -0.366 e. The van der Waals surface area contributed by atoms with Gasteiger partial charge in [0.05, 0.1) is 5.57 Å². The first-order valence-corrected chi connectivity index (χ1v) is 5.32. The largest absolute Gasteiger partial charge is 0.366 e. The molecule has 1 aromatic carbocycles. The highest BCUT2D eigenvalue weighted by molar-refractivity contribution is 7.96. The average Bonchev–Trinajstić information content (AvgIpc) is 2.19. The quantitative estimate of drug-likeness (QED) is 0.580. The van der Waals surface area contributed by atoms with Crippen molar-refractivity contribution in [3.8, 4) is 0 Å². The summed E-state index contributed by atoms with van der Waals surface area (Å²) in [6, 6.07) is 9.32. The van der Waals surface area contributed by atoms with Crippen LogP contribution in [0.25, 0.3) is 5.57 Å². The van der Waals surface area contributed by atoms with Gasteiger partial charge in [-0.3, -0.25) is 4.79 Å². The Hall–Kier alpha value is -1.42. The molecule has 14 heavy (non-hydrogen) atoms. The van der Waals surface area contributed by atoms with Gasteiger partial charge in [-0.15, -0.1) is 0 Å². The maximum absolute atomic E-state index is 11.1. The van der Waals surface area contributed by atoms with E-state index in [1.165, 1.54) is 11.9 Å². The number of hydrogen-bond acceptors (Lipinski definition) is 3. The van der Waals surface area contributed by atoms with Crippen LogP contribution in [-0.2, 0) is 4.79 Å². The van der Waals surface area contributed by atoms with E-state index in [9.17, 15) is 4.79 Å². The van der Waals surface area contributed by atoms with Crippen LogP contribution in [-0.4, -0.2) is 12.2 Å². The SMILES string of the molecule is CSN/C=C(\C(N)=O)c1ccccc1. The highest BCUT2D eigenvalue weighted by Gasteiger charge is 2.06. The third-order valence-corrected chi connectivity index (χ3v) is 2.02. The molecule has 4 heteroatoms. The van der Waals surface area contributed by atoms with E-state index < -0.39 is 5.91 Å². The van der Waals surface area contributed by atoms with E-state index in [4.69, 9.17) is 5.73 Å². The molecule has 0 aromatic heterocycles. The van der Waals surface area contributed by atoms with E-state index >= 15 is 0 Å². The molecule has 3 nitrogen and oxygen atoms in total. The predicted octanol–water partition coefficient (Wildman–Crippen LogP) is 1.38. The van der Waals surface area contributed by atoms with Crippen LogP contribution in [0.3, 0.4) is 0 Å². The maximum atomic E-state index is 11.1. The molecule has 0 heterocycles. The molecule has 0 aliphatic rings. The first-order chi connectivity index (χ1) is 6.75. The van der Waals surface area contributed by atoms with Gasteiger partial charge >= 0.3 is 0 Å². The van der Waals surface area contributed by atoms with Crippen molar-refractivity contribution in [1.29, 1.82) is 0 Å². The molecule has 0 aliphatic heterocycles. The van der Waals surface area contributed by atoms with Crippen LogP contribution < -0.4 is 10.5 Å². The first-order valence-electron chi connectivity index (χ1n) is 4.09. The van der Waals surface area contributed by atoms with Crippen molar-refractivity contribution >= 4 is 23.4 Å². The van der Waals surface area contributed by atoms with Gasteiger partial charge in [-0.05, 0) is 5.56 Å². The lowest BCUT2D eigenvalue weighted by molar-refractivity contribution is -0.112. The van der Waals surface area contributed by atoms with Crippen LogP contribution in [0.15, 0.2) is 36.5 Å². The average molecular weight is 208 g/mol. The van der Waals surface area contributed by atoms with Crippen LogP contribution in [0.1, 0.15) is 5.56 Å². The van der Waals surface area contributed by atoms with Crippen molar-refractivity contribution in [1.82, 2.24) is 4.72 Å². The summed E-state index contributed by atoms with van der Waals surface area (Å²) in [6.07, 6.45) is 3.49. The molecule has 0 atom stereocenters. The number of nitrogens with two attached hydrogens (primary N) is 1. The molecule has 1 amide bonds. The van der Waals surface area contributed by atoms with Crippen molar-refractivity contribution in [2.24, 2.45) is 5.73 Å². The Kier molecular flexibility index (Phi) is 4.07. The lowest BCUT2D eigenvalue weighted by Gasteiger charge is -2.03. The van der Waals surface area contributed by atoms with E-state index in [-0.39, 0.29) is 0 Å². The highest BCUT2D eigenvalue weighted by Crippen LogP contribution is 2.12. The Morgan fingerprint density at radius 3 is 2.57 bits per heavy atom. The Morgan fingerprint density at radius 2 is 2.07 bits per heavy atom. The maximum Gasteiger partial charge on any atom is 0.250 e. The fraction of sp³-hybridized carbons (Fsp3) is 0.100. The smallest absolute Gasteiger partial charge is 0.250 e. The van der Waals surface area contributed by atoms with Crippen molar-refractivity contribution in [2.75, 3.05) is 6.26 Å². The summed E-state index contributed by atoms with van der Waals surface area (Å²) in [6.45, 7) is 0. The van der Waals surface area contributed by atoms with Crippen molar-refractivity contribution < 1.29 is 4.79 Å². The zero-order valence-corrected chi connectivity index (χ0v) is 8.67. The normalized spacial score (nSPS) is 11.1. The van der Waals surface area contributed by atoms with E-state index in [1.807, 2.05) is 36.6 Å². The summed E-state index contributed by atoms with van der Waals surface area (Å²) < 4.78 is 2.88. The first kappa shape index (κ1) is 10.7. The van der Waals surface area contributed by atoms with Crippen LogP contribution >= 0.6 is 11.9 Å². The second kappa shape index (κ2) is 5.34. The lowest BCUT2D eigenvalue weighted by Crippen LogP contribution is -2.14. The highest BCUT2D eigenvalue weighted by atomic mass is 32.2. The van der Waals surface area contributed by atoms with Gasteiger partial charge in [-0.25, -0.2) is 0 Å². The number of rotatable bonds is 4. The third-order valence-electron chi connectivity index (χ3n) is 1.67. The molecule has 0 radical (unpaired) electrons. The molecule has 0 fully saturated rings. The molecule has 0 spiro atoms. The minimum absolute atomic E-state index is 0.433. The number of amides is 1. The third kappa shape index (κ3) is 2.81. The molecular weight excluding hydrogens is 196 g/mol. The Labute approximate surface area is 87.5 Å². The van der Waals surface area contributed by atoms with Gasteiger partial charge in [0, 0.05) is 12.5 Å². The van der Waals surface area contributed by atoms with Gasteiger partial charge in [0.2, 0.25) is 0 Å². The zero-order chi connectivity index (χ0) is 10.4. The van der Waals surface area contributed by atoms with Crippen LogP contribution in [0.4, 0.5) is 0 Å². The van der Waals surface area contributed by atoms with E-state index in [0.29, 0.717) is 5.57 Å². The second-order valence-electron chi connectivity index (χ2n) is 2.61. The van der Waals surface area contributed by atoms with E-state index in [2.05, 4.69) is 4.72 Å². The van der Waals surface area contributed by atoms with Gasteiger partial charge in [0.25, 0.3) is 5.91 Å². The summed E-state index contributed by atoms with van der Waals surface area (Å²) in [7, 11) is 0. The van der Waals surface area contributed by atoms with E-state index in [0.717, 1.165) is 5.56 Å².